The minimum atomic E-state index is -0.117. The van der Waals surface area contributed by atoms with E-state index in [4.69, 9.17) is 10.1 Å². The molecule has 1 N–H and O–H groups in total. The van der Waals surface area contributed by atoms with E-state index in [9.17, 15) is 4.79 Å². The molecule has 1 fully saturated rings. The van der Waals surface area contributed by atoms with Crippen molar-refractivity contribution in [3.63, 3.8) is 0 Å². The van der Waals surface area contributed by atoms with Crippen LogP contribution >= 0.6 is 11.3 Å². The van der Waals surface area contributed by atoms with Crippen molar-refractivity contribution in [1.29, 1.82) is 0 Å². The average Bonchev–Trinajstić information content (AvgIpc) is 3.31. The third-order valence-corrected chi connectivity index (χ3v) is 6.35. The molecular weight excluding hydrogens is 408 g/mol. The fourth-order valence-corrected chi connectivity index (χ4v) is 4.72. The fourth-order valence-electron chi connectivity index (χ4n) is 3.76. The summed E-state index contributed by atoms with van der Waals surface area (Å²) in [7, 11) is 0. The van der Waals surface area contributed by atoms with Crippen molar-refractivity contribution in [3.8, 4) is 11.3 Å². The summed E-state index contributed by atoms with van der Waals surface area (Å²) < 4.78 is 1.94. The first kappa shape index (κ1) is 21.6. The van der Waals surface area contributed by atoms with Crippen molar-refractivity contribution < 1.29 is 4.79 Å². The van der Waals surface area contributed by atoms with Crippen molar-refractivity contribution in [1.82, 2.24) is 19.5 Å². The highest BCUT2D eigenvalue weighted by molar-refractivity contribution is 7.20. The van der Waals surface area contributed by atoms with E-state index in [0.29, 0.717) is 6.42 Å². The molecule has 1 aliphatic heterocycles. The molecule has 0 unspecified atom stereocenters. The summed E-state index contributed by atoms with van der Waals surface area (Å²) in [5, 5.41) is 9.48. The first-order valence-electron chi connectivity index (χ1n) is 11.1. The maximum atomic E-state index is 12.3. The van der Waals surface area contributed by atoms with Gasteiger partial charge < -0.3 is 15.1 Å². The number of anilines is 2. The molecule has 166 valence electrons. The molecule has 0 aliphatic carbocycles. The Bertz CT molecular complexity index is 1030. The monoisotopic (exact) mass is 440 g/mol. The van der Waals surface area contributed by atoms with Gasteiger partial charge in [-0.3, -0.25) is 4.79 Å². The molecular formula is C23H32N6OS. The Morgan fingerprint density at radius 2 is 1.84 bits per heavy atom. The highest BCUT2D eigenvalue weighted by Crippen LogP contribution is 2.34. The number of nitrogens with zero attached hydrogens (tertiary/aromatic N) is 5. The molecule has 8 heteroatoms. The molecule has 31 heavy (non-hydrogen) atoms. The summed E-state index contributed by atoms with van der Waals surface area (Å²) in [5.41, 5.74) is 1.88. The van der Waals surface area contributed by atoms with Crippen LogP contribution in [0, 0.1) is 0 Å². The van der Waals surface area contributed by atoms with Crippen LogP contribution in [-0.4, -0.2) is 57.1 Å². The number of amides is 1. The summed E-state index contributed by atoms with van der Waals surface area (Å²) in [6, 6.07) is 10.2. The summed E-state index contributed by atoms with van der Waals surface area (Å²) in [6.07, 6.45) is 2.68. The molecule has 1 aromatic carbocycles. The van der Waals surface area contributed by atoms with Crippen LogP contribution < -0.4 is 10.2 Å². The first-order chi connectivity index (χ1) is 14.9. The van der Waals surface area contributed by atoms with E-state index in [2.05, 4.69) is 50.0 Å². The SMILES string of the molecule is CCCCC(=O)N1CCN(c2nn3c(NC(C)(C)C)c(-c4ccccc4)nc3s2)CC1. The Kier molecular flexibility index (Phi) is 6.18. The zero-order valence-corrected chi connectivity index (χ0v) is 19.7. The van der Waals surface area contributed by atoms with E-state index < -0.39 is 0 Å². The molecule has 0 radical (unpaired) electrons. The quantitative estimate of drug-likeness (QED) is 0.611. The lowest BCUT2D eigenvalue weighted by atomic mass is 10.1. The normalized spacial score (nSPS) is 15.0. The summed E-state index contributed by atoms with van der Waals surface area (Å²) in [5.74, 6) is 1.20. The van der Waals surface area contributed by atoms with Crippen LogP contribution in [-0.2, 0) is 4.79 Å². The van der Waals surface area contributed by atoms with Crippen molar-refractivity contribution in [3.05, 3.63) is 30.3 Å². The lowest BCUT2D eigenvalue weighted by molar-refractivity contribution is -0.131. The van der Waals surface area contributed by atoms with Crippen molar-refractivity contribution in [2.45, 2.75) is 52.5 Å². The van der Waals surface area contributed by atoms with Crippen LogP contribution in [0.15, 0.2) is 30.3 Å². The van der Waals surface area contributed by atoms with Crippen molar-refractivity contribution in [2.75, 3.05) is 36.4 Å². The summed E-state index contributed by atoms with van der Waals surface area (Å²) >= 11 is 1.61. The van der Waals surface area contributed by atoms with Crippen LogP contribution in [0.4, 0.5) is 10.9 Å². The molecule has 0 atom stereocenters. The average molecular weight is 441 g/mol. The predicted molar refractivity (Wildman–Crippen MR) is 128 cm³/mol. The lowest BCUT2D eigenvalue weighted by Crippen LogP contribution is -2.48. The van der Waals surface area contributed by atoms with E-state index in [1.807, 2.05) is 27.6 Å². The third kappa shape index (κ3) is 4.84. The molecule has 0 bridgehead atoms. The zero-order chi connectivity index (χ0) is 22.0. The Morgan fingerprint density at radius 3 is 2.48 bits per heavy atom. The minimum Gasteiger partial charge on any atom is -0.364 e. The van der Waals surface area contributed by atoms with Gasteiger partial charge in [-0.1, -0.05) is 55.0 Å². The molecule has 0 spiro atoms. The number of fused-ring (bicyclic) bond motifs is 1. The predicted octanol–water partition coefficient (Wildman–Crippen LogP) is 4.51. The van der Waals surface area contributed by atoms with Gasteiger partial charge in [0.2, 0.25) is 16.0 Å². The Balaban J connectivity index is 1.57. The smallest absolute Gasteiger partial charge is 0.222 e. The van der Waals surface area contributed by atoms with E-state index in [0.717, 1.165) is 66.2 Å². The number of nitrogens with one attached hydrogen (secondary N) is 1. The summed E-state index contributed by atoms with van der Waals surface area (Å²) in [6.45, 7) is 11.7. The number of imidazole rings is 1. The molecule has 4 rings (SSSR count). The maximum Gasteiger partial charge on any atom is 0.222 e. The van der Waals surface area contributed by atoms with E-state index >= 15 is 0 Å². The Hall–Kier alpha value is -2.61. The largest absolute Gasteiger partial charge is 0.364 e. The number of carbonyl (C=O) groups is 1. The van der Waals surface area contributed by atoms with Crippen molar-refractivity contribution in [2.24, 2.45) is 0 Å². The number of hydrogen-bond acceptors (Lipinski definition) is 6. The van der Waals surface area contributed by atoms with Crippen LogP contribution in [0.25, 0.3) is 16.2 Å². The number of unbranched alkanes of at least 4 members (excludes halogenated alkanes) is 1. The van der Waals surface area contributed by atoms with Crippen LogP contribution in [0.3, 0.4) is 0 Å². The van der Waals surface area contributed by atoms with Gasteiger partial charge in [0.1, 0.15) is 5.69 Å². The van der Waals surface area contributed by atoms with E-state index in [-0.39, 0.29) is 11.4 Å². The Morgan fingerprint density at radius 1 is 1.13 bits per heavy atom. The number of aromatic nitrogens is 3. The summed E-state index contributed by atoms with van der Waals surface area (Å²) in [4.78, 5) is 22.4. The topological polar surface area (TPSA) is 65.8 Å². The maximum absolute atomic E-state index is 12.3. The van der Waals surface area contributed by atoms with Crippen molar-refractivity contribution >= 4 is 33.2 Å². The molecule has 1 saturated heterocycles. The van der Waals surface area contributed by atoms with E-state index in [1.165, 1.54) is 0 Å². The van der Waals surface area contributed by atoms with Gasteiger partial charge in [-0.2, -0.15) is 4.52 Å². The van der Waals surface area contributed by atoms with Gasteiger partial charge in [-0.25, -0.2) is 4.98 Å². The Labute approximate surface area is 188 Å². The highest BCUT2D eigenvalue weighted by Gasteiger charge is 2.26. The number of carbonyl (C=O) groups excluding carboxylic acids is 1. The van der Waals surface area contributed by atoms with Gasteiger partial charge >= 0.3 is 0 Å². The fraction of sp³-hybridized carbons (Fsp3) is 0.522. The van der Waals surface area contributed by atoms with E-state index in [1.54, 1.807) is 11.3 Å². The van der Waals surface area contributed by atoms with Gasteiger partial charge in [0, 0.05) is 43.7 Å². The number of rotatable bonds is 6. The second-order valence-electron chi connectivity index (χ2n) is 9.10. The standard InChI is InChI=1S/C23H32N6OS/c1-5-6-12-18(30)27-13-15-28(16-14-27)22-26-29-20(25-23(2,3)4)19(24-21(29)31-22)17-10-8-7-9-11-17/h7-11,25H,5-6,12-16H2,1-4H3. The molecule has 7 nitrogen and oxygen atoms in total. The van der Waals surface area contributed by atoms with Crippen LogP contribution in [0.5, 0.6) is 0 Å². The van der Waals surface area contributed by atoms with Gasteiger partial charge in [0.05, 0.1) is 0 Å². The number of hydrogen-bond donors (Lipinski definition) is 1. The molecule has 3 aromatic rings. The first-order valence-corrected chi connectivity index (χ1v) is 11.9. The molecule has 3 heterocycles. The number of piperazine rings is 1. The van der Waals surface area contributed by atoms with Crippen LogP contribution in [0.2, 0.25) is 0 Å². The van der Waals surface area contributed by atoms with Gasteiger partial charge in [-0.15, -0.1) is 5.10 Å². The second kappa shape index (κ2) is 8.86. The minimum absolute atomic E-state index is 0.117. The molecule has 2 aromatic heterocycles. The molecule has 1 amide bonds. The zero-order valence-electron chi connectivity index (χ0n) is 18.9. The highest BCUT2D eigenvalue weighted by atomic mass is 32.1. The second-order valence-corrected chi connectivity index (χ2v) is 10.0. The van der Waals surface area contributed by atoms with Gasteiger partial charge in [0.15, 0.2) is 5.82 Å². The molecule has 0 saturated carbocycles. The molecule has 1 aliphatic rings. The van der Waals surface area contributed by atoms with Gasteiger partial charge in [-0.05, 0) is 27.2 Å². The van der Waals surface area contributed by atoms with Crippen LogP contribution in [0.1, 0.15) is 47.0 Å². The van der Waals surface area contributed by atoms with Gasteiger partial charge in [0.25, 0.3) is 0 Å². The number of benzene rings is 1. The third-order valence-electron chi connectivity index (χ3n) is 5.38. The lowest BCUT2D eigenvalue weighted by Gasteiger charge is -2.34.